The van der Waals surface area contributed by atoms with Crippen LogP contribution in [0, 0.1) is 11.3 Å². The fourth-order valence-corrected chi connectivity index (χ4v) is 2.46. The summed E-state index contributed by atoms with van der Waals surface area (Å²) >= 11 is 1.34. The number of aliphatic hydroxyl groups excluding tert-OH is 1. The van der Waals surface area contributed by atoms with E-state index in [1.54, 1.807) is 0 Å². The van der Waals surface area contributed by atoms with Gasteiger partial charge in [-0.3, -0.25) is 5.41 Å². The molecule has 5 nitrogen and oxygen atoms in total. The van der Waals surface area contributed by atoms with Crippen molar-refractivity contribution in [3.05, 3.63) is 0 Å². The quantitative estimate of drug-likeness (QED) is 0.566. The van der Waals surface area contributed by atoms with E-state index in [1.165, 1.54) is 16.7 Å². The highest BCUT2D eigenvalue weighted by Crippen LogP contribution is 2.24. The van der Waals surface area contributed by atoms with Gasteiger partial charge in [0.25, 0.3) is 0 Å². The van der Waals surface area contributed by atoms with E-state index in [-0.39, 0.29) is 12.5 Å². The predicted molar refractivity (Wildman–Crippen MR) is 73.2 cm³/mol. The van der Waals surface area contributed by atoms with E-state index in [2.05, 4.69) is 0 Å². The molecule has 1 fully saturated rings. The van der Waals surface area contributed by atoms with E-state index >= 15 is 0 Å². The van der Waals surface area contributed by atoms with Crippen LogP contribution in [0.3, 0.4) is 0 Å². The number of rotatable bonds is 1. The molecular weight excluding hydrogens is 252 g/mol. The molecule has 0 spiro atoms. The lowest BCUT2D eigenvalue weighted by molar-refractivity contribution is -0.00279. The van der Waals surface area contributed by atoms with Gasteiger partial charge in [-0.1, -0.05) is 0 Å². The summed E-state index contributed by atoms with van der Waals surface area (Å²) in [6.45, 7) is 6.22. The van der Waals surface area contributed by atoms with Crippen LogP contribution >= 0.6 is 11.8 Å². The summed E-state index contributed by atoms with van der Waals surface area (Å²) in [4.78, 5) is 13.4. The summed E-state index contributed by atoms with van der Waals surface area (Å²) in [5.41, 5.74) is -0.523. The molecule has 0 aliphatic carbocycles. The first-order valence-corrected chi connectivity index (χ1v) is 7.25. The van der Waals surface area contributed by atoms with Crippen molar-refractivity contribution in [3.8, 4) is 0 Å². The molecule has 1 heterocycles. The molecule has 0 aromatic rings. The average molecular weight is 274 g/mol. The Hall–Kier alpha value is -0.750. The fraction of sp³-hybridized carbons (Fsp3) is 0.833. The zero-order valence-electron chi connectivity index (χ0n) is 11.4. The fourth-order valence-electron chi connectivity index (χ4n) is 1.88. The van der Waals surface area contributed by atoms with E-state index < -0.39 is 17.8 Å². The van der Waals surface area contributed by atoms with Crippen LogP contribution in [0.15, 0.2) is 0 Å². The van der Waals surface area contributed by atoms with Crippen molar-refractivity contribution in [2.24, 2.45) is 5.92 Å². The zero-order valence-corrected chi connectivity index (χ0v) is 12.2. The number of carbonyl (C=O) groups excluding carboxylic acids is 1. The van der Waals surface area contributed by atoms with Gasteiger partial charge in [0.1, 0.15) is 5.60 Å². The third-order valence-electron chi connectivity index (χ3n) is 2.79. The van der Waals surface area contributed by atoms with Gasteiger partial charge in [-0.05, 0) is 33.4 Å². The molecule has 0 saturated carbocycles. The number of aliphatic hydroxyl groups is 1. The van der Waals surface area contributed by atoms with E-state index in [9.17, 15) is 9.90 Å². The van der Waals surface area contributed by atoms with Crippen molar-refractivity contribution < 1.29 is 14.6 Å². The van der Waals surface area contributed by atoms with Gasteiger partial charge in [0.2, 0.25) is 0 Å². The molecular formula is C12H22N2O3S. The molecule has 1 aliphatic rings. The lowest BCUT2D eigenvalue weighted by Crippen LogP contribution is -2.49. The first-order valence-electron chi connectivity index (χ1n) is 6.03. The number of nitrogens with one attached hydrogen (secondary N) is 1. The Morgan fingerprint density at radius 1 is 1.50 bits per heavy atom. The summed E-state index contributed by atoms with van der Waals surface area (Å²) in [7, 11) is 0. The van der Waals surface area contributed by atoms with Gasteiger partial charge < -0.3 is 14.7 Å². The number of carbonyl (C=O) groups is 1. The molecule has 1 rings (SSSR count). The first kappa shape index (κ1) is 15.3. The minimum atomic E-state index is -0.675. The number of nitrogens with zero attached hydrogens (tertiary/aromatic N) is 1. The van der Waals surface area contributed by atoms with Gasteiger partial charge in [-0.15, -0.1) is 11.8 Å². The summed E-state index contributed by atoms with van der Waals surface area (Å²) in [6.07, 6.45) is 1.37. The van der Waals surface area contributed by atoms with Crippen molar-refractivity contribution in [1.29, 1.82) is 5.41 Å². The highest BCUT2D eigenvalue weighted by molar-refractivity contribution is 8.13. The summed E-state index contributed by atoms with van der Waals surface area (Å²) in [5, 5.41) is 18.2. The molecule has 2 unspecified atom stereocenters. The van der Waals surface area contributed by atoms with Gasteiger partial charge >= 0.3 is 6.09 Å². The van der Waals surface area contributed by atoms with E-state index in [4.69, 9.17) is 10.1 Å². The molecule has 18 heavy (non-hydrogen) atoms. The highest BCUT2D eigenvalue weighted by atomic mass is 32.2. The van der Waals surface area contributed by atoms with Crippen LogP contribution in [0.5, 0.6) is 0 Å². The molecule has 2 atom stereocenters. The minimum Gasteiger partial charge on any atom is -0.444 e. The van der Waals surface area contributed by atoms with E-state index in [1.807, 2.05) is 27.0 Å². The number of hydrogen-bond donors (Lipinski definition) is 2. The standard InChI is InChI=1S/C12H22N2O3S/c1-12(2,3)17-11(16)14-6-5-8(9(15)7-14)10(13)18-4/h8-9,13,15H,5-7H2,1-4H3. The number of piperidine rings is 1. The largest absolute Gasteiger partial charge is 0.444 e. The molecule has 104 valence electrons. The van der Waals surface area contributed by atoms with Crippen LogP contribution in [-0.2, 0) is 4.74 Å². The topological polar surface area (TPSA) is 73.6 Å². The normalized spacial score (nSPS) is 24.8. The van der Waals surface area contributed by atoms with Gasteiger partial charge in [-0.2, -0.15) is 0 Å². The Balaban J connectivity index is 2.55. The van der Waals surface area contributed by atoms with Gasteiger partial charge in [-0.25, -0.2) is 4.79 Å². The van der Waals surface area contributed by atoms with E-state index in [0.717, 1.165) is 0 Å². The highest BCUT2D eigenvalue weighted by Gasteiger charge is 2.34. The lowest BCUT2D eigenvalue weighted by Gasteiger charge is -2.36. The average Bonchev–Trinajstić information content (AvgIpc) is 2.25. The maximum absolute atomic E-state index is 11.8. The molecule has 0 radical (unpaired) electrons. The Bertz CT molecular complexity index is 328. The molecule has 1 amide bonds. The number of amides is 1. The van der Waals surface area contributed by atoms with Gasteiger partial charge in [0.05, 0.1) is 17.7 Å². The third-order valence-corrected chi connectivity index (χ3v) is 3.53. The number of thioether (sulfide) groups is 1. The lowest BCUT2D eigenvalue weighted by atomic mass is 9.95. The predicted octanol–water partition coefficient (Wildman–Crippen LogP) is 1.94. The van der Waals surface area contributed by atoms with Crippen molar-refractivity contribution in [3.63, 3.8) is 0 Å². The SMILES string of the molecule is CSC(=N)C1CCN(C(=O)OC(C)(C)C)CC1O. The summed E-state index contributed by atoms with van der Waals surface area (Å²) < 4.78 is 5.26. The van der Waals surface area contributed by atoms with Crippen LogP contribution in [0.1, 0.15) is 27.2 Å². The Morgan fingerprint density at radius 3 is 2.56 bits per heavy atom. The Morgan fingerprint density at radius 2 is 2.11 bits per heavy atom. The molecule has 1 saturated heterocycles. The number of hydrogen-bond acceptors (Lipinski definition) is 5. The smallest absolute Gasteiger partial charge is 0.410 e. The number of β-amino-alcohol motifs (C(OH)–C–C–N with tert-alkyl or cyclic N) is 1. The molecule has 6 heteroatoms. The molecule has 2 N–H and O–H groups in total. The van der Waals surface area contributed by atoms with Crippen LogP contribution in [-0.4, -0.2) is 52.2 Å². The molecule has 0 aromatic carbocycles. The van der Waals surface area contributed by atoms with E-state index in [0.29, 0.717) is 18.0 Å². The second-order valence-electron chi connectivity index (χ2n) is 5.46. The molecule has 0 bridgehead atoms. The number of ether oxygens (including phenoxy) is 1. The maximum Gasteiger partial charge on any atom is 0.410 e. The van der Waals surface area contributed by atoms with Crippen molar-refractivity contribution in [1.82, 2.24) is 4.90 Å². The zero-order chi connectivity index (χ0) is 13.9. The van der Waals surface area contributed by atoms with Gasteiger partial charge in [0, 0.05) is 12.5 Å². The summed E-state index contributed by atoms with van der Waals surface area (Å²) in [5.74, 6) is -0.154. The Labute approximate surface area is 112 Å². The van der Waals surface area contributed by atoms with Crippen molar-refractivity contribution in [2.45, 2.75) is 38.9 Å². The van der Waals surface area contributed by atoms with Crippen LogP contribution in [0.4, 0.5) is 4.79 Å². The van der Waals surface area contributed by atoms with Gasteiger partial charge in [0.15, 0.2) is 0 Å². The number of likely N-dealkylation sites (tertiary alicyclic amines) is 1. The monoisotopic (exact) mass is 274 g/mol. The molecule has 1 aliphatic heterocycles. The minimum absolute atomic E-state index is 0.154. The van der Waals surface area contributed by atoms with Crippen molar-refractivity contribution in [2.75, 3.05) is 19.3 Å². The second kappa shape index (κ2) is 5.93. The maximum atomic E-state index is 11.8. The third kappa shape index (κ3) is 4.17. The first-order chi connectivity index (χ1) is 8.24. The van der Waals surface area contributed by atoms with Crippen LogP contribution < -0.4 is 0 Å². The second-order valence-corrected chi connectivity index (χ2v) is 6.31. The Kier molecular flexibility index (Phi) is 5.04. The molecule has 0 aromatic heterocycles. The van der Waals surface area contributed by atoms with Crippen LogP contribution in [0.2, 0.25) is 0 Å². The summed E-state index contributed by atoms with van der Waals surface area (Å²) in [6, 6.07) is 0. The van der Waals surface area contributed by atoms with Crippen LogP contribution in [0.25, 0.3) is 0 Å². The van der Waals surface area contributed by atoms with Crippen molar-refractivity contribution >= 4 is 22.9 Å².